The topological polar surface area (TPSA) is 23.6 Å². The van der Waals surface area contributed by atoms with Gasteiger partial charge in [-0.25, -0.2) is 0 Å². The van der Waals surface area contributed by atoms with E-state index in [9.17, 15) is 4.79 Å². The maximum atomic E-state index is 11.7. The minimum absolute atomic E-state index is 0. The molecule has 1 amide bonds. The van der Waals surface area contributed by atoms with Crippen molar-refractivity contribution in [1.82, 2.24) is 4.90 Å². The van der Waals surface area contributed by atoms with Gasteiger partial charge in [0.25, 0.3) is 0 Å². The average molecular weight is 289 g/mol. The molecule has 0 aromatic heterocycles. The van der Waals surface area contributed by atoms with Crippen LogP contribution in [-0.2, 0) is 4.79 Å². The van der Waals surface area contributed by atoms with Gasteiger partial charge in [0.2, 0.25) is 5.91 Å². The maximum Gasteiger partial charge on any atom is 0.240 e. The number of benzene rings is 1. The minimum atomic E-state index is -0.418. The molecule has 0 N–H and O–H groups in total. The smallest absolute Gasteiger partial charge is 0.240 e. The number of hydrogen-bond donors (Lipinski definition) is 0. The van der Waals surface area contributed by atoms with Gasteiger partial charge in [0, 0.05) is 31.9 Å². The molecule has 1 fully saturated rings. The van der Waals surface area contributed by atoms with E-state index in [1.54, 1.807) is 6.92 Å². The number of anilines is 1. The Labute approximate surface area is 119 Å². The summed E-state index contributed by atoms with van der Waals surface area (Å²) in [5.41, 5.74) is 1.22. The zero-order valence-electron chi connectivity index (χ0n) is 10.4. The molecular weight excluding hydrogens is 271 g/mol. The summed E-state index contributed by atoms with van der Waals surface area (Å²) < 4.78 is 0. The van der Waals surface area contributed by atoms with Crippen LogP contribution in [0.15, 0.2) is 30.3 Å². The second kappa shape index (κ2) is 6.86. The molecule has 0 bridgehead atoms. The first-order valence-electron chi connectivity index (χ1n) is 5.91. The molecule has 1 aromatic rings. The summed E-state index contributed by atoms with van der Waals surface area (Å²) in [7, 11) is 0. The van der Waals surface area contributed by atoms with Crippen LogP contribution in [0.2, 0.25) is 0 Å². The van der Waals surface area contributed by atoms with Crippen LogP contribution in [-0.4, -0.2) is 42.4 Å². The van der Waals surface area contributed by atoms with Crippen molar-refractivity contribution in [2.45, 2.75) is 12.3 Å². The van der Waals surface area contributed by atoms with Crippen molar-refractivity contribution in [3.8, 4) is 0 Å². The molecule has 0 radical (unpaired) electrons. The highest BCUT2D eigenvalue weighted by atomic mass is 35.5. The zero-order chi connectivity index (χ0) is 12.3. The van der Waals surface area contributed by atoms with Gasteiger partial charge in [0.05, 0.1) is 0 Å². The van der Waals surface area contributed by atoms with E-state index < -0.39 is 5.38 Å². The number of para-hydroxylation sites is 1. The lowest BCUT2D eigenvalue weighted by Gasteiger charge is -2.36. The third-order valence-corrected chi connectivity index (χ3v) is 3.24. The van der Waals surface area contributed by atoms with Gasteiger partial charge >= 0.3 is 0 Å². The van der Waals surface area contributed by atoms with Crippen LogP contribution in [0.3, 0.4) is 0 Å². The second-order valence-electron chi connectivity index (χ2n) is 4.26. The summed E-state index contributed by atoms with van der Waals surface area (Å²) in [6.45, 7) is 4.99. The van der Waals surface area contributed by atoms with Crippen LogP contribution in [0, 0.1) is 0 Å². The molecule has 1 aromatic carbocycles. The molecular formula is C13H18Cl2N2O. The molecule has 1 saturated heterocycles. The van der Waals surface area contributed by atoms with Crippen molar-refractivity contribution in [1.29, 1.82) is 0 Å². The predicted octanol–water partition coefficient (Wildman–Crippen LogP) is 2.38. The van der Waals surface area contributed by atoms with E-state index in [1.807, 2.05) is 23.1 Å². The minimum Gasteiger partial charge on any atom is -0.368 e. The number of piperazine rings is 1. The van der Waals surface area contributed by atoms with E-state index in [1.165, 1.54) is 5.69 Å². The second-order valence-corrected chi connectivity index (χ2v) is 4.92. The zero-order valence-corrected chi connectivity index (χ0v) is 12.0. The Hall–Kier alpha value is -0.930. The summed E-state index contributed by atoms with van der Waals surface area (Å²) in [4.78, 5) is 15.9. The lowest BCUT2D eigenvalue weighted by atomic mass is 10.2. The SMILES string of the molecule is CC(Cl)C(=O)N1CCN(c2ccccc2)CC1.Cl. The summed E-state index contributed by atoms with van der Waals surface area (Å²) >= 11 is 5.81. The first kappa shape index (κ1) is 15.1. The first-order chi connectivity index (χ1) is 8.18. The van der Waals surface area contributed by atoms with E-state index in [0.717, 1.165) is 26.2 Å². The van der Waals surface area contributed by atoms with Crippen LogP contribution in [0.4, 0.5) is 5.69 Å². The number of hydrogen-bond acceptors (Lipinski definition) is 2. The molecule has 1 atom stereocenters. The molecule has 5 heteroatoms. The van der Waals surface area contributed by atoms with Gasteiger partial charge in [-0.1, -0.05) is 18.2 Å². The highest BCUT2D eigenvalue weighted by molar-refractivity contribution is 6.30. The Balaban J connectivity index is 0.00000162. The molecule has 18 heavy (non-hydrogen) atoms. The summed E-state index contributed by atoms with van der Waals surface area (Å²) in [6.07, 6.45) is 0. The monoisotopic (exact) mass is 288 g/mol. The third kappa shape index (κ3) is 3.53. The van der Waals surface area contributed by atoms with Crippen molar-refractivity contribution in [2.24, 2.45) is 0 Å². The fourth-order valence-electron chi connectivity index (χ4n) is 2.08. The Bertz CT molecular complexity index is 376. The highest BCUT2D eigenvalue weighted by Gasteiger charge is 2.23. The van der Waals surface area contributed by atoms with Crippen LogP contribution < -0.4 is 4.90 Å². The Kier molecular flexibility index (Phi) is 5.76. The van der Waals surface area contributed by atoms with E-state index in [-0.39, 0.29) is 18.3 Å². The third-order valence-electron chi connectivity index (χ3n) is 3.05. The lowest BCUT2D eigenvalue weighted by molar-refractivity contribution is -0.130. The normalized spacial score (nSPS) is 17.0. The number of carbonyl (C=O) groups is 1. The molecule has 0 saturated carbocycles. The van der Waals surface area contributed by atoms with Gasteiger partial charge in [-0.3, -0.25) is 4.79 Å². The number of halogens is 2. The molecule has 1 heterocycles. The average Bonchev–Trinajstić information content (AvgIpc) is 2.39. The number of nitrogens with zero attached hydrogens (tertiary/aromatic N) is 2. The van der Waals surface area contributed by atoms with E-state index in [0.29, 0.717) is 0 Å². The Morgan fingerprint density at radius 3 is 2.22 bits per heavy atom. The van der Waals surface area contributed by atoms with Crippen molar-refractivity contribution < 1.29 is 4.79 Å². The number of alkyl halides is 1. The van der Waals surface area contributed by atoms with Gasteiger partial charge in [0.1, 0.15) is 5.38 Å². The van der Waals surface area contributed by atoms with Gasteiger partial charge in [-0.2, -0.15) is 0 Å². The molecule has 0 aliphatic carbocycles. The summed E-state index contributed by atoms with van der Waals surface area (Å²) in [5, 5.41) is -0.418. The summed E-state index contributed by atoms with van der Waals surface area (Å²) in [6, 6.07) is 10.3. The molecule has 1 aliphatic rings. The summed E-state index contributed by atoms with van der Waals surface area (Å²) in [5.74, 6) is 0.0411. The molecule has 2 rings (SSSR count). The van der Waals surface area contributed by atoms with E-state index >= 15 is 0 Å². The molecule has 100 valence electrons. The maximum absolute atomic E-state index is 11.7. The fourth-order valence-corrected chi connectivity index (χ4v) is 2.21. The molecule has 0 spiro atoms. The van der Waals surface area contributed by atoms with Gasteiger partial charge in [0.15, 0.2) is 0 Å². The van der Waals surface area contributed by atoms with Crippen molar-refractivity contribution in [2.75, 3.05) is 31.1 Å². The number of rotatable bonds is 2. The first-order valence-corrected chi connectivity index (χ1v) is 6.35. The van der Waals surface area contributed by atoms with Crippen LogP contribution >= 0.6 is 24.0 Å². The van der Waals surface area contributed by atoms with Crippen molar-refractivity contribution >= 4 is 35.6 Å². The number of amides is 1. The lowest BCUT2D eigenvalue weighted by Crippen LogP contribution is -2.50. The van der Waals surface area contributed by atoms with Gasteiger partial charge in [-0.05, 0) is 19.1 Å². The predicted molar refractivity (Wildman–Crippen MR) is 77.8 cm³/mol. The van der Waals surface area contributed by atoms with Gasteiger partial charge in [-0.15, -0.1) is 24.0 Å². The molecule has 3 nitrogen and oxygen atoms in total. The fraction of sp³-hybridized carbons (Fsp3) is 0.462. The quantitative estimate of drug-likeness (QED) is 0.780. The number of carbonyl (C=O) groups excluding carboxylic acids is 1. The highest BCUT2D eigenvalue weighted by Crippen LogP contribution is 2.16. The molecule has 1 unspecified atom stereocenters. The van der Waals surface area contributed by atoms with Crippen molar-refractivity contribution in [3.05, 3.63) is 30.3 Å². The Morgan fingerprint density at radius 1 is 1.17 bits per heavy atom. The largest absolute Gasteiger partial charge is 0.368 e. The van der Waals surface area contributed by atoms with Crippen LogP contribution in [0.1, 0.15) is 6.92 Å². The molecule has 1 aliphatic heterocycles. The van der Waals surface area contributed by atoms with Crippen molar-refractivity contribution in [3.63, 3.8) is 0 Å². The van der Waals surface area contributed by atoms with Crippen LogP contribution in [0.5, 0.6) is 0 Å². The van der Waals surface area contributed by atoms with Crippen LogP contribution in [0.25, 0.3) is 0 Å². The Morgan fingerprint density at radius 2 is 1.72 bits per heavy atom. The van der Waals surface area contributed by atoms with Gasteiger partial charge < -0.3 is 9.80 Å². The van der Waals surface area contributed by atoms with E-state index in [4.69, 9.17) is 11.6 Å². The van der Waals surface area contributed by atoms with E-state index in [2.05, 4.69) is 17.0 Å². The standard InChI is InChI=1S/C13H17ClN2O.ClH/c1-11(14)13(17)16-9-7-15(8-10-16)12-5-3-2-4-6-12;/h2-6,11H,7-10H2,1H3;1H.